The zero-order valence-corrected chi connectivity index (χ0v) is 23.8. The van der Waals surface area contributed by atoms with Crippen molar-refractivity contribution in [2.45, 2.75) is 6.92 Å². The molecule has 0 saturated carbocycles. The average molecular weight is 561 g/mol. The molecule has 8 rings (SSSR count). The highest BCUT2D eigenvalue weighted by Crippen LogP contribution is 2.41. The standard InChI is InChI=1S/C38H27FN3O/c1-24-22-31-29-20-21-35(39)40-37(29)43-34(31)23-30(24)38-41(2)32-18-9-10-19-33(32)42(38)36-27(25-12-5-3-6-13-25)16-11-17-28(36)26-14-7-4-8-15-26/h3-23H,1-2H3/q+1. The second kappa shape index (κ2) is 9.78. The molecule has 0 atom stereocenters. The van der Waals surface area contributed by atoms with E-state index in [-0.39, 0.29) is 0 Å². The summed E-state index contributed by atoms with van der Waals surface area (Å²) in [6.07, 6.45) is 0. The lowest BCUT2D eigenvalue weighted by Gasteiger charge is -2.15. The molecule has 3 heterocycles. The largest absolute Gasteiger partial charge is 0.438 e. The van der Waals surface area contributed by atoms with Gasteiger partial charge in [-0.3, -0.25) is 0 Å². The topological polar surface area (TPSA) is 34.8 Å². The van der Waals surface area contributed by atoms with Crippen molar-refractivity contribution in [1.29, 1.82) is 0 Å². The molecule has 0 aliphatic rings. The van der Waals surface area contributed by atoms with Crippen molar-refractivity contribution in [3.8, 4) is 39.3 Å². The molecule has 0 fully saturated rings. The molecular weight excluding hydrogens is 533 g/mol. The number of imidazole rings is 1. The molecule has 206 valence electrons. The molecule has 8 aromatic rings. The number of aryl methyl sites for hydroxylation is 2. The van der Waals surface area contributed by atoms with E-state index in [1.807, 2.05) is 12.1 Å². The van der Waals surface area contributed by atoms with Gasteiger partial charge < -0.3 is 4.42 Å². The highest BCUT2D eigenvalue weighted by molar-refractivity contribution is 6.05. The maximum absolute atomic E-state index is 14.0. The van der Waals surface area contributed by atoms with Gasteiger partial charge in [-0.15, -0.1) is 0 Å². The fraction of sp³-hybridized carbons (Fsp3) is 0.0526. The number of pyridine rings is 1. The molecular formula is C38H27FN3O+. The summed E-state index contributed by atoms with van der Waals surface area (Å²) < 4.78 is 24.7. The van der Waals surface area contributed by atoms with Gasteiger partial charge in [0, 0.05) is 21.9 Å². The Morgan fingerprint density at radius 1 is 0.674 bits per heavy atom. The Hall–Kier alpha value is -5.55. The Morgan fingerprint density at radius 3 is 2.02 bits per heavy atom. The van der Waals surface area contributed by atoms with E-state index >= 15 is 0 Å². The number of hydrogen-bond acceptors (Lipinski definition) is 2. The summed E-state index contributed by atoms with van der Waals surface area (Å²) in [5, 5.41) is 1.72. The van der Waals surface area contributed by atoms with Gasteiger partial charge in [-0.05, 0) is 60.0 Å². The molecule has 0 saturated heterocycles. The van der Waals surface area contributed by atoms with Crippen LogP contribution >= 0.6 is 0 Å². The smallest absolute Gasteiger partial charge is 0.295 e. The van der Waals surface area contributed by atoms with Gasteiger partial charge in [0.05, 0.1) is 12.6 Å². The van der Waals surface area contributed by atoms with Crippen LogP contribution in [-0.2, 0) is 7.05 Å². The van der Waals surface area contributed by atoms with Crippen LogP contribution in [0.5, 0.6) is 0 Å². The minimum absolute atomic E-state index is 0.303. The van der Waals surface area contributed by atoms with Crippen LogP contribution in [0, 0.1) is 12.9 Å². The van der Waals surface area contributed by atoms with Gasteiger partial charge in [-0.2, -0.15) is 13.9 Å². The Balaban J connectivity index is 1.51. The Labute approximate surface area is 247 Å². The number of nitrogens with zero attached hydrogens (tertiary/aromatic N) is 3. The SMILES string of the molecule is Cc1cc2c(cc1-c1n(-c3c(-c4ccccc4)cccc3-c3ccccc3)c3ccccc3[n+]1C)oc1nc(F)ccc12. The second-order valence-electron chi connectivity index (χ2n) is 10.9. The first kappa shape index (κ1) is 25.2. The summed E-state index contributed by atoms with van der Waals surface area (Å²) in [6.45, 7) is 2.12. The average Bonchev–Trinajstić information content (AvgIpc) is 3.54. The molecule has 0 spiro atoms. The summed E-state index contributed by atoms with van der Waals surface area (Å²) in [4.78, 5) is 4.01. The molecule has 43 heavy (non-hydrogen) atoms. The molecule has 5 heteroatoms. The molecule has 0 bridgehead atoms. The van der Waals surface area contributed by atoms with E-state index in [1.54, 1.807) is 6.07 Å². The van der Waals surface area contributed by atoms with Crippen LogP contribution < -0.4 is 4.57 Å². The Kier molecular flexibility index (Phi) is 5.73. The molecule has 0 N–H and O–H groups in total. The Morgan fingerprint density at radius 2 is 1.33 bits per heavy atom. The normalized spacial score (nSPS) is 11.6. The van der Waals surface area contributed by atoms with Gasteiger partial charge in [0.2, 0.25) is 11.7 Å². The second-order valence-corrected chi connectivity index (χ2v) is 10.9. The molecule has 0 amide bonds. The zero-order valence-electron chi connectivity index (χ0n) is 23.8. The van der Waals surface area contributed by atoms with E-state index in [4.69, 9.17) is 4.42 Å². The highest BCUT2D eigenvalue weighted by atomic mass is 19.1. The maximum Gasteiger partial charge on any atom is 0.295 e. The minimum Gasteiger partial charge on any atom is -0.438 e. The van der Waals surface area contributed by atoms with Crippen LogP contribution in [0.3, 0.4) is 0 Å². The quantitative estimate of drug-likeness (QED) is 0.159. The van der Waals surface area contributed by atoms with Crippen molar-refractivity contribution in [2.75, 3.05) is 0 Å². The van der Waals surface area contributed by atoms with Gasteiger partial charge in [0.1, 0.15) is 11.3 Å². The third-order valence-electron chi connectivity index (χ3n) is 8.33. The third-order valence-corrected chi connectivity index (χ3v) is 8.33. The van der Waals surface area contributed by atoms with Crippen LogP contribution in [0.25, 0.3) is 72.4 Å². The lowest BCUT2D eigenvalue weighted by atomic mass is 9.95. The predicted molar refractivity (Wildman–Crippen MR) is 171 cm³/mol. The first-order valence-electron chi connectivity index (χ1n) is 14.3. The van der Waals surface area contributed by atoms with Crippen LogP contribution in [0.1, 0.15) is 5.56 Å². The van der Waals surface area contributed by atoms with E-state index < -0.39 is 5.95 Å². The van der Waals surface area contributed by atoms with Crippen LogP contribution in [-0.4, -0.2) is 9.55 Å². The number of hydrogen-bond donors (Lipinski definition) is 0. The highest BCUT2D eigenvalue weighted by Gasteiger charge is 2.31. The van der Waals surface area contributed by atoms with Crippen molar-refractivity contribution in [2.24, 2.45) is 7.05 Å². The van der Waals surface area contributed by atoms with E-state index in [0.29, 0.717) is 11.3 Å². The number of benzene rings is 5. The number of halogens is 1. The van der Waals surface area contributed by atoms with Crippen molar-refractivity contribution in [3.63, 3.8) is 0 Å². The van der Waals surface area contributed by atoms with Crippen LogP contribution in [0.2, 0.25) is 0 Å². The first-order valence-corrected chi connectivity index (χ1v) is 14.3. The van der Waals surface area contributed by atoms with Crippen LogP contribution in [0.15, 0.2) is 132 Å². The van der Waals surface area contributed by atoms with E-state index in [9.17, 15) is 4.39 Å². The van der Waals surface area contributed by atoms with Crippen molar-refractivity contribution >= 4 is 33.1 Å². The number of para-hydroxylation sites is 3. The molecule has 0 unspecified atom stereocenters. The van der Waals surface area contributed by atoms with Gasteiger partial charge in [0.25, 0.3) is 5.82 Å². The van der Waals surface area contributed by atoms with Gasteiger partial charge in [-0.25, -0.2) is 4.57 Å². The molecule has 0 aliphatic heterocycles. The monoisotopic (exact) mass is 560 g/mol. The van der Waals surface area contributed by atoms with Gasteiger partial charge in [0.15, 0.2) is 11.0 Å². The fourth-order valence-electron chi connectivity index (χ4n) is 6.36. The Bertz CT molecular complexity index is 2260. The lowest BCUT2D eigenvalue weighted by Crippen LogP contribution is -2.30. The fourth-order valence-corrected chi connectivity index (χ4v) is 6.36. The molecule has 0 radical (unpaired) electrons. The molecule has 4 nitrogen and oxygen atoms in total. The molecule has 3 aromatic heterocycles. The number of rotatable bonds is 4. The summed E-state index contributed by atoms with van der Waals surface area (Å²) in [7, 11) is 2.11. The van der Waals surface area contributed by atoms with E-state index in [2.05, 4.69) is 131 Å². The van der Waals surface area contributed by atoms with E-state index in [1.165, 1.54) is 6.07 Å². The van der Waals surface area contributed by atoms with Crippen molar-refractivity contribution in [3.05, 3.63) is 139 Å². The summed E-state index contributed by atoms with van der Waals surface area (Å²) in [5.74, 6) is 0.460. The number of furan rings is 1. The molecule has 5 aromatic carbocycles. The van der Waals surface area contributed by atoms with Crippen molar-refractivity contribution < 1.29 is 13.4 Å². The third kappa shape index (κ3) is 3.97. The number of fused-ring (bicyclic) bond motifs is 4. The van der Waals surface area contributed by atoms with E-state index in [0.717, 1.165) is 66.7 Å². The minimum atomic E-state index is -0.555. The van der Waals surface area contributed by atoms with Crippen molar-refractivity contribution in [1.82, 2.24) is 9.55 Å². The van der Waals surface area contributed by atoms with Crippen LogP contribution in [0.4, 0.5) is 4.39 Å². The van der Waals surface area contributed by atoms with Gasteiger partial charge >= 0.3 is 0 Å². The van der Waals surface area contributed by atoms with Gasteiger partial charge in [-0.1, -0.05) is 91.0 Å². The number of aromatic nitrogens is 3. The predicted octanol–water partition coefficient (Wildman–Crippen LogP) is 9.20. The molecule has 0 aliphatic carbocycles. The zero-order chi connectivity index (χ0) is 29.1. The summed E-state index contributed by atoms with van der Waals surface area (Å²) in [6, 6.07) is 43.4. The summed E-state index contributed by atoms with van der Waals surface area (Å²) >= 11 is 0. The first-order chi connectivity index (χ1) is 21.1. The maximum atomic E-state index is 14.0. The summed E-state index contributed by atoms with van der Waals surface area (Å²) in [5.41, 5.74) is 10.9. The lowest BCUT2D eigenvalue weighted by molar-refractivity contribution is -0.633.